The van der Waals surface area contributed by atoms with E-state index in [2.05, 4.69) is 6.92 Å². The summed E-state index contributed by atoms with van der Waals surface area (Å²) in [5.74, 6) is 0.763. The summed E-state index contributed by atoms with van der Waals surface area (Å²) in [5.41, 5.74) is 0.484. The standard InChI is InChI=1S/C15H18ClF2NO/c1-10-6-12(10)9-19(14(20)7-16)8-11-4-2-3-5-13(11)15(17)18/h2-5,10,12,15H,6-9H2,1H3/t10-,12+/m1/s1. The van der Waals surface area contributed by atoms with Crippen LogP contribution in [-0.2, 0) is 11.3 Å². The van der Waals surface area contributed by atoms with Crippen molar-refractivity contribution in [2.75, 3.05) is 12.4 Å². The van der Waals surface area contributed by atoms with Gasteiger partial charge in [0, 0.05) is 18.7 Å². The van der Waals surface area contributed by atoms with Crippen LogP contribution in [0.3, 0.4) is 0 Å². The minimum Gasteiger partial charge on any atom is -0.337 e. The van der Waals surface area contributed by atoms with Gasteiger partial charge in [-0.1, -0.05) is 31.2 Å². The van der Waals surface area contributed by atoms with Gasteiger partial charge in [0.05, 0.1) is 0 Å². The Bertz CT molecular complexity index is 481. The van der Waals surface area contributed by atoms with Gasteiger partial charge in [-0.3, -0.25) is 4.79 Å². The third kappa shape index (κ3) is 3.69. The fraction of sp³-hybridized carbons (Fsp3) is 0.533. The molecule has 0 aromatic heterocycles. The van der Waals surface area contributed by atoms with Crippen LogP contribution in [0.2, 0.25) is 0 Å². The van der Waals surface area contributed by atoms with Crippen LogP contribution in [0.15, 0.2) is 24.3 Å². The van der Waals surface area contributed by atoms with Crippen molar-refractivity contribution in [3.63, 3.8) is 0 Å². The predicted octanol–water partition coefficient (Wildman–Crippen LogP) is 3.85. The monoisotopic (exact) mass is 301 g/mol. The topological polar surface area (TPSA) is 20.3 Å². The molecule has 1 aromatic rings. The number of hydrogen-bond acceptors (Lipinski definition) is 1. The summed E-state index contributed by atoms with van der Waals surface area (Å²) >= 11 is 5.62. The predicted molar refractivity (Wildman–Crippen MR) is 74.8 cm³/mol. The fourth-order valence-corrected chi connectivity index (χ4v) is 2.54. The molecule has 0 aliphatic heterocycles. The number of hydrogen-bond donors (Lipinski definition) is 0. The van der Waals surface area contributed by atoms with E-state index in [0.717, 1.165) is 6.42 Å². The second-order valence-corrected chi connectivity index (χ2v) is 5.65. The highest BCUT2D eigenvalue weighted by Crippen LogP contribution is 2.38. The molecule has 1 saturated carbocycles. The molecule has 0 spiro atoms. The van der Waals surface area contributed by atoms with E-state index in [1.54, 1.807) is 23.1 Å². The van der Waals surface area contributed by atoms with Crippen molar-refractivity contribution in [3.8, 4) is 0 Å². The van der Waals surface area contributed by atoms with E-state index in [9.17, 15) is 13.6 Å². The molecule has 2 atom stereocenters. The molecule has 1 aliphatic rings. The number of carbonyl (C=O) groups excluding carboxylic acids is 1. The highest BCUT2D eigenvalue weighted by atomic mass is 35.5. The molecule has 0 saturated heterocycles. The lowest BCUT2D eigenvalue weighted by Crippen LogP contribution is -2.34. The second kappa shape index (κ2) is 6.53. The van der Waals surface area contributed by atoms with Crippen LogP contribution in [0.5, 0.6) is 0 Å². The third-order valence-electron chi connectivity index (χ3n) is 3.85. The van der Waals surface area contributed by atoms with Crippen LogP contribution in [-0.4, -0.2) is 23.2 Å². The molecule has 0 heterocycles. The Hall–Kier alpha value is -1.16. The van der Waals surface area contributed by atoms with Crippen molar-refractivity contribution in [3.05, 3.63) is 35.4 Å². The molecule has 0 radical (unpaired) electrons. The first-order valence-corrected chi connectivity index (χ1v) is 7.26. The Morgan fingerprint density at radius 3 is 2.65 bits per heavy atom. The van der Waals surface area contributed by atoms with Gasteiger partial charge in [0.25, 0.3) is 6.43 Å². The molecule has 1 fully saturated rings. The largest absolute Gasteiger partial charge is 0.337 e. The first kappa shape index (κ1) is 15.2. The number of alkyl halides is 3. The summed E-state index contributed by atoms with van der Waals surface area (Å²) in [4.78, 5) is 13.5. The van der Waals surface area contributed by atoms with Crippen molar-refractivity contribution in [2.24, 2.45) is 11.8 Å². The Morgan fingerprint density at radius 1 is 1.45 bits per heavy atom. The maximum absolute atomic E-state index is 13.0. The van der Waals surface area contributed by atoms with E-state index < -0.39 is 6.43 Å². The Morgan fingerprint density at radius 2 is 2.10 bits per heavy atom. The molecule has 2 rings (SSSR count). The van der Waals surface area contributed by atoms with Gasteiger partial charge in [-0.25, -0.2) is 8.78 Å². The van der Waals surface area contributed by atoms with E-state index in [-0.39, 0.29) is 23.9 Å². The zero-order valence-electron chi connectivity index (χ0n) is 11.4. The van der Waals surface area contributed by atoms with Crippen molar-refractivity contribution in [2.45, 2.75) is 26.3 Å². The van der Waals surface area contributed by atoms with Crippen LogP contribution >= 0.6 is 11.6 Å². The zero-order chi connectivity index (χ0) is 14.7. The van der Waals surface area contributed by atoms with Crippen LogP contribution in [0.4, 0.5) is 8.78 Å². The van der Waals surface area contributed by atoms with Gasteiger partial charge in [0.15, 0.2) is 0 Å². The lowest BCUT2D eigenvalue weighted by Gasteiger charge is -2.23. The van der Waals surface area contributed by atoms with E-state index in [0.29, 0.717) is 23.9 Å². The highest BCUT2D eigenvalue weighted by molar-refractivity contribution is 6.27. The van der Waals surface area contributed by atoms with Crippen molar-refractivity contribution < 1.29 is 13.6 Å². The SMILES string of the molecule is C[C@@H]1C[C@H]1CN(Cc1ccccc1C(F)F)C(=O)CCl. The molecular formula is C15H18ClF2NO. The Balaban J connectivity index is 2.12. The molecular weight excluding hydrogens is 284 g/mol. The lowest BCUT2D eigenvalue weighted by molar-refractivity contribution is -0.129. The molecule has 110 valence electrons. The molecule has 1 aromatic carbocycles. The number of carbonyl (C=O) groups is 1. The summed E-state index contributed by atoms with van der Waals surface area (Å²) in [6, 6.07) is 6.35. The van der Waals surface area contributed by atoms with Gasteiger partial charge >= 0.3 is 0 Å². The Labute approximate surface area is 122 Å². The van der Waals surface area contributed by atoms with Gasteiger partial charge in [-0.15, -0.1) is 11.6 Å². The summed E-state index contributed by atoms with van der Waals surface area (Å²) in [6.07, 6.45) is -1.44. The zero-order valence-corrected chi connectivity index (χ0v) is 12.1. The molecule has 1 amide bonds. The van der Waals surface area contributed by atoms with Gasteiger partial charge in [-0.2, -0.15) is 0 Å². The molecule has 0 unspecified atom stereocenters. The normalized spacial score (nSPS) is 21.1. The first-order valence-electron chi connectivity index (χ1n) is 6.72. The number of benzene rings is 1. The number of rotatable bonds is 6. The average Bonchev–Trinajstić information content (AvgIpc) is 3.13. The van der Waals surface area contributed by atoms with Crippen molar-refractivity contribution in [1.82, 2.24) is 4.90 Å². The molecule has 5 heteroatoms. The first-order chi connectivity index (χ1) is 9.52. The van der Waals surface area contributed by atoms with E-state index >= 15 is 0 Å². The Kier molecular flexibility index (Phi) is 4.97. The number of halogens is 3. The minimum absolute atomic E-state index is 0.0104. The van der Waals surface area contributed by atoms with Gasteiger partial charge < -0.3 is 4.90 Å². The van der Waals surface area contributed by atoms with Gasteiger partial charge in [0.2, 0.25) is 5.91 Å². The summed E-state index contributed by atoms with van der Waals surface area (Å²) in [6.45, 7) is 2.93. The fourth-order valence-electron chi connectivity index (χ4n) is 2.37. The number of amides is 1. The van der Waals surface area contributed by atoms with Crippen LogP contribution in [0, 0.1) is 11.8 Å². The quantitative estimate of drug-likeness (QED) is 0.731. The second-order valence-electron chi connectivity index (χ2n) is 5.38. The molecule has 1 aliphatic carbocycles. The lowest BCUT2D eigenvalue weighted by atomic mass is 10.1. The summed E-state index contributed by atoms with van der Waals surface area (Å²) in [7, 11) is 0. The number of nitrogens with zero attached hydrogens (tertiary/aromatic N) is 1. The van der Waals surface area contributed by atoms with Crippen molar-refractivity contribution in [1.29, 1.82) is 0 Å². The molecule has 2 nitrogen and oxygen atoms in total. The molecule has 0 N–H and O–H groups in total. The van der Waals surface area contributed by atoms with Crippen molar-refractivity contribution >= 4 is 17.5 Å². The summed E-state index contributed by atoms with van der Waals surface area (Å²) < 4.78 is 25.9. The average molecular weight is 302 g/mol. The van der Waals surface area contributed by atoms with Gasteiger partial charge in [0.1, 0.15) is 5.88 Å². The third-order valence-corrected chi connectivity index (χ3v) is 4.08. The molecule has 20 heavy (non-hydrogen) atoms. The highest BCUT2D eigenvalue weighted by Gasteiger charge is 2.35. The van der Waals surface area contributed by atoms with Crippen LogP contribution in [0.1, 0.15) is 30.9 Å². The minimum atomic E-state index is -2.53. The maximum Gasteiger partial charge on any atom is 0.264 e. The van der Waals surface area contributed by atoms with E-state index in [4.69, 9.17) is 11.6 Å². The van der Waals surface area contributed by atoms with E-state index in [1.807, 2.05) is 0 Å². The smallest absolute Gasteiger partial charge is 0.264 e. The molecule has 0 bridgehead atoms. The van der Waals surface area contributed by atoms with E-state index in [1.165, 1.54) is 6.07 Å². The van der Waals surface area contributed by atoms with Crippen LogP contribution < -0.4 is 0 Å². The van der Waals surface area contributed by atoms with Crippen LogP contribution in [0.25, 0.3) is 0 Å². The maximum atomic E-state index is 13.0. The summed E-state index contributed by atoms with van der Waals surface area (Å²) in [5, 5.41) is 0. The van der Waals surface area contributed by atoms with Gasteiger partial charge in [-0.05, 0) is 23.8 Å².